The van der Waals surface area contributed by atoms with Crippen LogP contribution in [0.1, 0.15) is 5.56 Å². The molecule has 0 atom stereocenters. The minimum absolute atomic E-state index is 0.332. The van der Waals surface area contributed by atoms with Crippen LogP contribution >= 0.6 is 15.9 Å². The van der Waals surface area contributed by atoms with Gasteiger partial charge in [0.2, 0.25) is 0 Å². The molecule has 0 radical (unpaired) electrons. The van der Waals surface area contributed by atoms with Crippen LogP contribution in [0.3, 0.4) is 0 Å². The summed E-state index contributed by atoms with van der Waals surface area (Å²) in [5.41, 5.74) is 0.409. The highest BCUT2D eigenvalue weighted by Gasteiger charge is 1.99. The Balaban J connectivity index is 2.24. The first-order valence-electron chi connectivity index (χ1n) is 4.10. The van der Waals surface area contributed by atoms with Crippen LogP contribution in [-0.2, 0) is 0 Å². The monoisotopic (exact) mass is 268 g/mol. The van der Waals surface area contributed by atoms with Gasteiger partial charge in [0.15, 0.2) is 0 Å². The van der Waals surface area contributed by atoms with E-state index in [0.717, 1.165) is 0 Å². The third-order valence-corrected chi connectivity index (χ3v) is 2.19. The number of hydrogen-bond donors (Lipinski definition) is 0. The Morgan fingerprint density at radius 2 is 2.07 bits per heavy atom. The maximum Gasteiger partial charge on any atom is 0.141 e. The van der Waals surface area contributed by atoms with Crippen molar-refractivity contribution in [3.63, 3.8) is 0 Å². The Morgan fingerprint density at radius 1 is 1.33 bits per heavy atom. The highest BCUT2D eigenvalue weighted by molar-refractivity contribution is 9.10. The van der Waals surface area contributed by atoms with Crippen LogP contribution in [0, 0.1) is 5.82 Å². The third kappa shape index (κ3) is 2.47. The second kappa shape index (κ2) is 4.31. The largest absolute Gasteiger partial charge is 0.208 e. The molecule has 15 heavy (non-hydrogen) atoms. The Kier molecular flexibility index (Phi) is 2.86. The topological polar surface area (TPSA) is 43.1 Å². The predicted molar refractivity (Wildman–Crippen MR) is 57.1 cm³/mol. The van der Waals surface area contributed by atoms with Crippen molar-refractivity contribution in [2.24, 2.45) is 5.10 Å². The first-order chi connectivity index (χ1) is 7.25. The van der Waals surface area contributed by atoms with Crippen molar-refractivity contribution >= 4 is 22.1 Å². The Hall–Kier alpha value is -1.56. The maximum absolute atomic E-state index is 13.3. The Labute approximate surface area is 93.6 Å². The summed E-state index contributed by atoms with van der Waals surface area (Å²) in [5.74, 6) is -0.332. The number of nitrogens with zero attached hydrogens (tertiary/aromatic N) is 4. The van der Waals surface area contributed by atoms with Crippen LogP contribution < -0.4 is 0 Å². The first kappa shape index (κ1) is 9.97. The number of benzene rings is 1. The van der Waals surface area contributed by atoms with Gasteiger partial charge in [0, 0.05) is 10.0 Å². The van der Waals surface area contributed by atoms with Gasteiger partial charge >= 0.3 is 0 Å². The molecule has 2 rings (SSSR count). The summed E-state index contributed by atoms with van der Waals surface area (Å²) in [6, 6.07) is 4.76. The van der Waals surface area contributed by atoms with Crippen molar-refractivity contribution < 1.29 is 4.39 Å². The van der Waals surface area contributed by atoms with Gasteiger partial charge in [-0.3, -0.25) is 0 Å². The van der Waals surface area contributed by atoms with E-state index in [4.69, 9.17) is 0 Å². The molecular formula is C9H6BrFN4. The normalized spacial score (nSPS) is 11.1. The van der Waals surface area contributed by atoms with E-state index in [0.29, 0.717) is 10.0 Å². The molecule has 0 aliphatic heterocycles. The molecule has 0 spiro atoms. The molecule has 0 bridgehead atoms. The van der Waals surface area contributed by atoms with E-state index in [2.05, 4.69) is 31.2 Å². The molecule has 1 aromatic heterocycles. The molecule has 0 amide bonds. The lowest BCUT2D eigenvalue weighted by molar-refractivity contribution is 0.625. The predicted octanol–water partition coefficient (Wildman–Crippen LogP) is 2.06. The molecule has 76 valence electrons. The first-order valence-corrected chi connectivity index (χ1v) is 4.89. The molecule has 0 fully saturated rings. The van der Waals surface area contributed by atoms with Gasteiger partial charge in [-0.05, 0) is 18.2 Å². The van der Waals surface area contributed by atoms with Gasteiger partial charge in [-0.2, -0.15) is 5.10 Å². The zero-order valence-corrected chi connectivity index (χ0v) is 9.09. The summed E-state index contributed by atoms with van der Waals surface area (Å²) in [4.78, 5) is 0. The molecule has 0 N–H and O–H groups in total. The van der Waals surface area contributed by atoms with E-state index in [1.807, 2.05) is 0 Å². The van der Waals surface area contributed by atoms with E-state index >= 15 is 0 Å². The second-order valence-electron chi connectivity index (χ2n) is 2.75. The van der Waals surface area contributed by atoms with Crippen molar-refractivity contribution in [1.29, 1.82) is 0 Å². The van der Waals surface area contributed by atoms with Crippen molar-refractivity contribution in [3.8, 4) is 0 Å². The summed E-state index contributed by atoms with van der Waals surface area (Å²) >= 11 is 3.18. The molecule has 6 heteroatoms. The van der Waals surface area contributed by atoms with Crippen LogP contribution in [0.5, 0.6) is 0 Å². The molecule has 0 unspecified atom stereocenters. The molecule has 4 nitrogen and oxygen atoms in total. The van der Waals surface area contributed by atoms with E-state index in [-0.39, 0.29) is 5.82 Å². The van der Waals surface area contributed by atoms with E-state index in [9.17, 15) is 4.39 Å². The summed E-state index contributed by atoms with van der Waals surface area (Å²) < 4.78 is 15.4. The lowest BCUT2D eigenvalue weighted by Gasteiger charge is -1.96. The standard InChI is InChI=1S/C9H6BrFN4/c10-8-2-1-7(9(11)3-8)4-14-15-5-12-13-6-15/h1-6H/b14-4-. The molecule has 0 aliphatic carbocycles. The highest BCUT2D eigenvalue weighted by atomic mass is 79.9. The number of halogens is 2. The van der Waals surface area contributed by atoms with Gasteiger partial charge in [-0.1, -0.05) is 15.9 Å². The number of hydrogen-bond acceptors (Lipinski definition) is 3. The number of rotatable bonds is 2. The van der Waals surface area contributed by atoms with E-state index in [1.54, 1.807) is 12.1 Å². The Morgan fingerprint density at radius 3 is 2.73 bits per heavy atom. The molecular weight excluding hydrogens is 263 g/mol. The summed E-state index contributed by atoms with van der Waals surface area (Å²) in [5, 5.41) is 11.1. The zero-order chi connectivity index (χ0) is 10.7. The quantitative estimate of drug-likeness (QED) is 0.783. The number of aromatic nitrogens is 3. The molecule has 1 aromatic carbocycles. The molecule has 0 saturated heterocycles. The second-order valence-corrected chi connectivity index (χ2v) is 3.67. The third-order valence-electron chi connectivity index (χ3n) is 1.70. The van der Waals surface area contributed by atoms with Gasteiger partial charge < -0.3 is 0 Å². The summed E-state index contributed by atoms with van der Waals surface area (Å²) in [6.45, 7) is 0. The van der Waals surface area contributed by atoms with Crippen molar-refractivity contribution in [1.82, 2.24) is 14.9 Å². The fourth-order valence-corrected chi connectivity index (χ4v) is 1.32. The van der Waals surface area contributed by atoms with Crippen LogP contribution in [0.25, 0.3) is 0 Å². The smallest absolute Gasteiger partial charge is 0.141 e. The van der Waals surface area contributed by atoms with Crippen molar-refractivity contribution in [2.75, 3.05) is 0 Å². The fourth-order valence-electron chi connectivity index (χ4n) is 0.990. The summed E-state index contributed by atoms with van der Waals surface area (Å²) in [7, 11) is 0. The fraction of sp³-hybridized carbons (Fsp3) is 0. The SMILES string of the molecule is Fc1cc(Br)ccc1/C=N\n1cnnc1. The molecule has 0 aliphatic rings. The van der Waals surface area contributed by atoms with Crippen LogP contribution in [0.4, 0.5) is 4.39 Å². The van der Waals surface area contributed by atoms with Gasteiger partial charge in [0.1, 0.15) is 18.5 Å². The molecule has 1 heterocycles. The minimum atomic E-state index is -0.332. The lowest BCUT2D eigenvalue weighted by atomic mass is 10.2. The van der Waals surface area contributed by atoms with E-state index < -0.39 is 0 Å². The van der Waals surface area contributed by atoms with Gasteiger partial charge in [0.25, 0.3) is 0 Å². The zero-order valence-electron chi connectivity index (χ0n) is 7.51. The average Bonchev–Trinajstić information content (AvgIpc) is 2.69. The van der Waals surface area contributed by atoms with Gasteiger partial charge in [-0.15, -0.1) is 10.2 Å². The van der Waals surface area contributed by atoms with E-state index in [1.165, 1.54) is 29.6 Å². The van der Waals surface area contributed by atoms with Crippen molar-refractivity contribution in [3.05, 3.63) is 46.7 Å². The van der Waals surface area contributed by atoms with Crippen LogP contribution in [-0.4, -0.2) is 21.1 Å². The lowest BCUT2D eigenvalue weighted by Crippen LogP contribution is -1.91. The van der Waals surface area contributed by atoms with Crippen LogP contribution in [0.15, 0.2) is 40.4 Å². The minimum Gasteiger partial charge on any atom is -0.208 e. The van der Waals surface area contributed by atoms with Gasteiger partial charge in [0.05, 0.1) is 6.21 Å². The highest BCUT2D eigenvalue weighted by Crippen LogP contribution is 2.13. The molecule has 2 aromatic rings. The summed E-state index contributed by atoms with van der Waals surface area (Å²) in [6.07, 6.45) is 4.26. The van der Waals surface area contributed by atoms with Gasteiger partial charge in [-0.25, -0.2) is 9.07 Å². The maximum atomic E-state index is 13.3. The van der Waals surface area contributed by atoms with Crippen LogP contribution in [0.2, 0.25) is 0 Å². The average molecular weight is 269 g/mol. The molecule has 0 saturated carbocycles. The Bertz CT molecular complexity index is 481. The van der Waals surface area contributed by atoms with Crippen molar-refractivity contribution in [2.45, 2.75) is 0 Å².